The van der Waals surface area contributed by atoms with Crippen molar-refractivity contribution in [1.29, 1.82) is 0 Å². The van der Waals surface area contributed by atoms with E-state index in [2.05, 4.69) is 21.2 Å². The quantitative estimate of drug-likeness (QED) is 0.799. The number of hydrogen-bond donors (Lipinski definition) is 2. The zero-order valence-corrected chi connectivity index (χ0v) is 9.19. The topological polar surface area (TPSA) is 55.1 Å². The molecular weight excluding hydrogens is 251 g/mol. The lowest BCUT2D eigenvalue weighted by Crippen LogP contribution is -2.24. The van der Waals surface area contributed by atoms with Gasteiger partial charge in [-0.15, -0.1) is 0 Å². The smallest absolute Gasteiger partial charge is 0.253 e. The summed E-state index contributed by atoms with van der Waals surface area (Å²) in [5.41, 5.74) is 5.45. The Morgan fingerprint density at radius 1 is 1.64 bits per heavy atom. The van der Waals surface area contributed by atoms with Crippen molar-refractivity contribution in [3.05, 3.63) is 28.0 Å². The monoisotopic (exact) mass is 260 g/mol. The van der Waals surface area contributed by atoms with Gasteiger partial charge in [0.15, 0.2) is 0 Å². The summed E-state index contributed by atoms with van der Waals surface area (Å²) in [4.78, 5) is 11.4. The van der Waals surface area contributed by atoms with Gasteiger partial charge in [0, 0.05) is 11.0 Å². The Kier molecular flexibility index (Phi) is 3.46. The summed E-state index contributed by atoms with van der Waals surface area (Å²) in [6.45, 7) is 2.26. The van der Waals surface area contributed by atoms with Crippen LogP contribution in [0.3, 0.4) is 0 Å². The van der Waals surface area contributed by atoms with Crippen molar-refractivity contribution in [2.75, 3.05) is 12.3 Å². The van der Waals surface area contributed by atoms with E-state index in [1.807, 2.05) is 0 Å². The van der Waals surface area contributed by atoms with E-state index < -0.39 is 5.82 Å². The zero-order chi connectivity index (χ0) is 10.7. The minimum absolute atomic E-state index is 0.126. The second-order valence-corrected chi connectivity index (χ2v) is 3.62. The van der Waals surface area contributed by atoms with Crippen LogP contribution >= 0.6 is 15.9 Å². The highest BCUT2D eigenvalue weighted by molar-refractivity contribution is 9.10. The molecule has 5 heteroatoms. The van der Waals surface area contributed by atoms with Crippen LogP contribution in [0, 0.1) is 5.82 Å². The third kappa shape index (κ3) is 2.23. The predicted molar refractivity (Wildman–Crippen MR) is 56.5 cm³/mol. The summed E-state index contributed by atoms with van der Waals surface area (Å²) in [6.07, 6.45) is 0. The van der Waals surface area contributed by atoms with Gasteiger partial charge in [-0.2, -0.15) is 0 Å². The van der Waals surface area contributed by atoms with Gasteiger partial charge in [0.05, 0.1) is 11.3 Å². The van der Waals surface area contributed by atoms with Crippen LogP contribution in [-0.4, -0.2) is 12.5 Å². The summed E-state index contributed by atoms with van der Waals surface area (Å²) >= 11 is 3.09. The molecule has 0 bridgehead atoms. The van der Waals surface area contributed by atoms with Crippen molar-refractivity contribution in [1.82, 2.24) is 5.32 Å². The Morgan fingerprint density at radius 2 is 2.29 bits per heavy atom. The molecule has 0 atom stereocenters. The SMILES string of the molecule is CCNC(=O)c1cc(Br)cc(F)c1N. The molecule has 0 radical (unpaired) electrons. The Balaban J connectivity index is 3.13. The molecule has 14 heavy (non-hydrogen) atoms. The number of nitrogens with one attached hydrogen (secondary N) is 1. The molecule has 0 aliphatic carbocycles. The molecule has 0 aliphatic rings. The molecule has 0 fully saturated rings. The summed E-state index contributed by atoms with van der Waals surface area (Å²) in [5, 5.41) is 2.55. The van der Waals surface area contributed by atoms with E-state index in [9.17, 15) is 9.18 Å². The number of halogens is 2. The summed E-state index contributed by atoms with van der Waals surface area (Å²) in [6, 6.07) is 2.71. The van der Waals surface area contributed by atoms with Crippen molar-refractivity contribution >= 4 is 27.5 Å². The lowest BCUT2D eigenvalue weighted by atomic mass is 10.1. The zero-order valence-electron chi connectivity index (χ0n) is 7.60. The van der Waals surface area contributed by atoms with E-state index in [-0.39, 0.29) is 17.2 Å². The first kappa shape index (κ1) is 11.0. The summed E-state index contributed by atoms with van der Waals surface area (Å²) < 4.78 is 13.6. The Labute approximate surface area is 89.6 Å². The lowest BCUT2D eigenvalue weighted by molar-refractivity contribution is 0.0956. The molecule has 3 nitrogen and oxygen atoms in total. The Hall–Kier alpha value is -1.10. The normalized spacial score (nSPS) is 9.93. The van der Waals surface area contributed by atoms with E-state index in [0.29, 0.717) is 11.0 Å². The second-order valence-electron chi connectivity index (χ2n) is 2.71. The summed E-state index contributed by atoms with van der Waals surface area (Å²) in [7, 11) is 0. The maximum atomic E-state index is 13.1. The number of hydrogen-bond acceptors (Lipinski definition) is 2. The van der Waals surface area contributed by atoms with Gasteiger partial charge in [-0.1, -0.05) is 15.9 Å². The molecule has 0 aromatic heterocycles. The first-order chi connectivity index (χ1) is 6.56. The highest BCUT2D eigenvalue weighted by Gasteiger charge is 2.13. The van der Waals surface area contributed by atoms with Crippen molar-refractivity contribution < 1.29 is 9.18 Å². The van der Waals surface area contributed by atoms with Crippen molar-refractivity contribution in [3.8, 4) is 0 Å². The molecule has 76 valence electrons. The average molecular weight is 261 g/mol. The van der Waals surface area contributed by atoms with Crippen LogP contribution in [0.4, 0.5) is 10.1 Å². The van der Waals surface area contributed by atoms with Crippen molar-refractivity contribution in [3.63, 3.8) is 0 Å². The molecule has 1 amide bonds. The molecule has 3 N–H and O–H groups in total. The van der Waals surface area contributed by atoms with Crippen LogP contribution in [0.2, 0.25) is 0 Å². The molecule has 0 heterocycles. The number of rotatable bonds is 2. The van der Waals surface area contributed by atoms with Crippen LogP contribution in [0.15, 0.2) is 16.6 Å². The van der Waals surface area contributed by atoms with Gasteiger partial charge in [-0.3, -0.25) is 4.79 Å². The summed E-state index contributed by atoms with van der Waals surface area (Å²) in [5.74, 6) is -0.967. The molecule has 1 aromatic rings. The number of benzene rings is 1. The molecule has 0 aliphatic heterocycles. The van der Waals surface area contributed by atoms with E-state index in [0.717, 1.165) is 0 Å². The molecule has 1 aromatic carbocycles. The van der Waals surface area contributed by atoms with Crippen LogP contribution in [0.25, 0.3) is 0 Å². The van der Waals surface area contributed by atoms with Crippen LogP contribution in [0.1, 0.15) is 17.3 Å². The fourth-order valence-corrected chi connectivity index (χ4v) is 1.46. The van der Waals surface area contributed by atoms with Crippen LogP contribution < -0.4 is 11.1 Å². The first-order valence-electron chi connectivity index (χ1n) is 4.09. The predicted octanol–water partition coefficient (Wildman–Crippen LogP) is 1.92. The molecule has 0 saturated heterocycles. The third-order valence-corrected chi connectivity index (χ3v) is 2.13. The van der Waals surface area contributed by atoms with Gasteiger partial charge in [0.2, 0.25) is 0 Å². The number of anilines is 1. The number of nitrogen functional groups attached to an aromatic ring is 1. The largest absolute Gasteiger partial charge is 0.396 e. The Morgan fingerprint density at radius 3 is 2.86 bits per heavy atom. The van der Waals surface area contributed by atoms with Gasteiger partial charge >= 0.3 is 0 Å². The minimum atomic E-state index is -0.597. The number of nitrogens with two attached hydrogens (primary N) is 1. The number of carbonyl (C=O) groups excluding carboxylic acids is 1. The van der Waals surface area contributed by atoms with E-state index in [1.54, 1.807) is 6.92 Å². The fraction of sp³-hybridized carbons (Fsp3) is 0.222. The van der Waals surface area contributed by atoms with E-state index in [4.69, 9.17) is 5.73 Å². The lowest BCUT2D eigenvalue weighted by Gasteiger charge is -2.06. The molecular formula is C9H10BrFN2O. The second kappa shape index (κ2) is 4.41. The minimum Gasteiger partial charge on any atom is -0.396 e. The number of carbonyl (C=O) groups is 1. The van der Waals surface area contributed by atoms with Crippen LogP contribution in [0.5, 0.6) is 0 Å². The highest BCUT2D eigenvalue weighted by atomic mass is 79.9. The first-order valence-corrected chi connectivity index (χ1v) is 4.88. The third-order valence-electron chi connectivity index (χ3n) is 1.68. The van der Waals surface area contributed by atoms with E-state index in [1.165, 1.54) is 12.1 Å². The average Bonchev–Trinajstić information content (AvgIpc) is 2.11. The van der Waals surface area contributed by atoms with Crippen molar-refractivity contribution in [2.24, 2.45) is 0 Å². The maximum Gasteiger partial charge on any atom is 0.253 e. The fourth-order valence-electron chi connectivity index (χ4n) is 1.03. The molecule has 0 spiro atoms. The molecule has 0 saturated carbocycles. The number of amides is 1. The van der Waals surface area contributed by atoms with Crippen LogP contribution in [-0.2, 0) is 0 Å². The Bertz CT molecular complexity index is 368. The van der Waals surface area contributed by atoms with Crippen molar-refractivity contribution in [2.45, 2.75) is 6.92 Å². The van der Waals surface area contributed by atoms with Gasteiger partial charge in [-0.25, -0.2) is 4.39 Å². The highest BCUT2D eigenvalue weighted by Crippen LogP contribution is 2.22. The molecule has 0 unspecified atom stereocenters. The van der Waals surface area contributed by atoms with E-state index >= 15 is 0 Å². The maximum absolute atomic E-state index is 13.1. The molecule has 1 rings (SSSR count). The van der Waals surface area contributed by atoms with Gasteiger partial charge in [-0.05, 0) is 19.1 Å². The van der Waals surface area contributed by atoms with Gasteiger partial charge in [0.25, 0.3) is 5.91 Å². The van der Waals surface area contributed by atoms with Gasteiger partial charge < -0.3 is 11.1 Å². The van der Waals surface area contributed by atoms with Gasteiger partial charge in [0.1, 0.15) is 5.82 Å². The standard InChI is InChI=1S/C9H10BrFN2O/c1-2-13-9(14)6-3-5(10)4-7(11)8(6)12/h3-4H,2,12H2,1H3,(H,13,14).